The molecule has 0 bridgehead atoms. The first-order valence-corrected chi connectivity index (χ1v) is 10.2. The Hall–Kier alpha value is -3.27. The number of carbonyl (C=O) groups is 1. The lowest BCUT2D eigenvalue weighted by atomic mass is 10.0. The van der Waals surface area contributed by atoms with Crippen molar-refractivity contribution in [3.8, 4) is 16.9 Å². The smallest absolute Gasteiger partial charge is 0.410 e. The van der Waals surface area contributed by atoms with Crippen LogP contribution in [0.4, 0.5) is 4.79 Å². The third-order valence-electron chi connectivity index (χ3n) is 4.69. The number of ether oxygens (including phenoxy) is 1. The van der Waals surface area contributed by atoms with Crippen molar-refractivity contribution in [1.82, 2.24) is 4.90 Å². The first-order valence-electron chi connectivity index (χ1n) is 10.2. The average Bonchev–Trinajstić information content (AvgIpc) is 2.72. The lowest BCUT2D eigenvalue weighted by Gasteiger charge is -2.27. The zero-order chi connectivity index (χ0) is 21.6. The van der Waals surface area contributed by atoms with Crippen molar-refractivity contribution in [3.63, 3.8) is 0 Å². The summed E-state index contributed by atoms with van der Waals surface area (Å²) in [7, 11) is 0. The lowest BCUT2D eigenvalue weighted by molar-refractivity contribution is 0.0236. The fraction of sp³-hybridized carbons (Fsp3) is 0.269. The van der Waals surface area contributed by atoms with Crippen molar-refractivity contribution in [2.45, 2.75) is 39.3 Å². The van der Waals surface area contributed by atoms with E-state index in [4.69, 9.17) is 4.74 Å². The summed E-state index contributed by atoms with van der Waals surface area (Å²) in [4.78, 5) is 14.5. The number of phenolic OH excluding ortho intramolecular Hbond substituents is 1. The van der Waals surface area contributed by atoms with E-state index >= 15 is 0 Å². The van der Waals surface area contributed by atoms with Gasteiger partial charge in [0.05, 0.1) is 0 Å². The van der Waals surface area contributed by atoms with Crippen molar-refractivity contribution >= 4 is 6.09 Å². The van der Waals surface area contributed by atoms with E-state index < -0.39 is 5.60 Å². The largest absolute Gasteiger partial charge is 0.508 e. The maximum absolute atomic E-state index is 12.8. The van der Waals surface area contributed by atoms with Crippen molar-refractivity contribution in [2.75, 3.05) is 6.54 Å². The van der Waals surface area contributed by atoms with Crippen LogP contribution in [0.5, 0.6) is 5.75 Å². The van der Waals surface area contributed by atoms with E-state index in [0.29, 0.717) is 19.5 Å². The van der Waals surface area contributed by atoms with Gasteiger partial charge in [0.1, 0.15) is 11.4 Å². The molecule has 4 heteroatoms. The summed E-state index contributed by atoms with van der Waals surface area (Å²) in [6.07, 6.45) is 0.357. The Balaban J connectivity index is 1.72. The van der Waals surface area contributed by atoms with Crippen molar-refractivity contribution in [1.29, 1.82) is 0 Å². The summed E-state index contributed by atoms with van der Waals surface area (Å²) in [5.74, 6) is 0.237. The summed E-state index contributed by atoms with van der Waals surface area (Å²) in [6.45, 7) is 6.62. The molecule has 0 unspecified atom stereocenters. The van der Waals surface area contributed by atoms with Gasteiger partial charge < -0.3 is 14.7 Å². The van der Waals surface area contributed by atoms with E-state index in [2.05, 4.69) is 36.4 Å². The van der Waals surface area contributed by atoms with E-state index in [-0.39, 0.29) is 11.8 Å². The molecule has 0 spiro atoms. The van der Waals surface area contributed by atoms with E-state index in [1.54, 1.807) is 17.0 Å². The van der Waals surface area contributed by atoms with Gasteiger partial charge in [0.25, 0.3) is 0 Å². The second-order valence-electron chi connectivity index (χ2n) is 8.38. The van der Waals surface area contributed by atoms with Crippen LogP contribution in [-0.4, -0.2) is 28.2 Å². The predicted octanol–water partition coefficient (Wildman–Crippen LogP) is 6.04. The maximum Gasteiger partial charge on any atom is 0.410 e. The molecule has 0 aliphatic rings. The molecule has 156 valence electrons. The summed E-state index contributed by atoms with van der Waals surface area (Å²) < 4.78 is 5.62. The Morgan fingerprint density at radius 2 is 1.40 bits per heavy atom. The van der Waals surface area contributed by atoms with Crippen molar-refractivity contribution < 1.29 is 14.6 Å². The molecule has 0 heterocycles. The molecule has 1 N–H and O–H groups in total. The molecule has 0 aliphatic carbocycles. The Labute approximate surface area is 178 Å². The number of rotatable bonds is 6. The number of phenols is 1. The molecule has 0 atom stereocenters. The quantitative estimate of drug-likeness (QED) is 0.546. The number of amides is 1. The predicted molar refractivity (Wildman–Crippen MR) is 120 cm³/mol. The van der Waals surface area contributed by atoms with E-state index in [1.807, 2.05) is 51.1 Å². The Morgan fingerprint density at radius 1 is 0.833 bits per heavy atom. The SMILES string of the molecule is CC(C)(C)OC(=O)N(CCc1ccc(O)cc1)Cc1ccc(-c2ccccc2)cc1. The standard InChI is InChI=1S/C26H29NO3/c1-26(2,3)30-25(29)27(18-17-20-11-15-24(28)16-12-20)19-21-9-13-23(14-10-21)22-7-5-4-6-8-22/h4-16,28H,17-19H2,1-3H3. The Morgan fingerprint density at radius 3 is 2.00 bits per heavy atom. The number of nitrogens with zero attached hydrogens (tertiary/aromatic N) is 1. The highest BCUT2D eigenvalue weighted by atomic mass is 16.6. The van der Waals surface area contributed by atoms with Gasteiger partial charge >= 0.3 is 6.09 Å². The first-order chi connectivity index (χ1) is 14.3. The fourth-order valence-electron chi connectivity index (χ4n) is 3.14. The molecule has 0 aromatic heterocycles. The molecule has 0 aliphatic heterocycles. The van der Waals surface area contributed by atoms with Crippen molar-refractivity contribution in [3.05, 3.63) is 90.0 Å². The second-order valence-corrected chi connectivity index (χ2v) is 8.38. The highest BCUT2D eigenvalue weighted by molar-refractivity contribution is 5.68. The van der Waals surface area contributed by atoms with Gasteiger partial charge in [-0.25, -0.2) is 4.79 Å². The van der Waals surface area contributed by atoms with Crippen LogP contribution in [0.15, 0.2) is 78.9 Å². The van der Waals surface area contributed by atoms with Crippen LogP contribution in [0.1, 0.15) is 31.9 Å². The van der Waals surface area contributed by atoms with Crippen LogP contribution < -0.4 is 0 Å². The number of hydrogen-bond donors (Lipinski definition) is 1. The molecule has 0 radical (unpaired) electrons. The molecular weight excluding hydrogens is 374 g/mol. The molecule has 3 rings (SSSR count). The minimum Gasteiger partial charge on any atom is -0.508 e. The number of benzene rings is 3. The highest BCUT2D eigenvalue weighted by Crippen LogP contribution is 2.21. The van der Waals surface area contributed by atoms with Gasteiger partial charge in [0.15, 0.2) is 0 Å². The summed E-state index contributed by atoms with van der Waals surface area (Å²) in [6, 6.07) is 25.6. The normalized spacial score (nSPS) is 11.2. The van der Waals surface area contributed by atoms with Gasteiger partial charge in [0, 0.05) is 13.1 Å². The minimum absolute atomic E-state index is 0.237. The monoisotopic (exact) mass is 403 g/mol. The summed E-state index contributed by atoms with van der Waals surface area (Å²) in [5, 5.41) is 9.46. The van der Waals surface area contributed by atoms with E-state index in [1.165, 1.54) is 5.56 Å². The molecule has 0 saturated carbocycles. The number of aromatic hydroxyl groups is 1. The van der Waals surface area contributed by atoms with E-state index in [9.17, 15) is 9.90 Å². The first kappa shape index (κ1) is 21.4. The maximum atomic E-state index is 12.8. The molecule has 0 saturated heterocycles. The van der Waals surface area contributed by atoms with Crippen LogP contribution in [0.2, 0.25) is 0 Å². The van der Waals surface area contributed by atoms with Crippen LogP contribution in [-0.2, 0) is 17.7 Å². The Kier molecular flexibility index (Phi) is 6.78. The molecule has 3 aromatic carbocycles. The van der Waals surface area contributed by atoms with Crippen molar-refractivity contribution in [2.24, 2.45) is 0 Å². The molecule has 30 heavy (non-hydrogen) atoms. The van der Waals surface area contributed by atoms with Crippen LogP contribution >= 0.6 is 0 Å². The third kappa shape index (κ3) is 6.38. The van der Waals surface area contributed by atoms with Crippen LogP contribution in [0.25, 0.3) is 11.1 Å². The molecule has 1 amide bonds. The van der Waals surface area contributed by atoms with Gasteiger partial charge in [-0.05, 0) is 61.6 Å². The summed E-state index contributed by atoms with van der Waals surface area (Å²) in [5.41, 5.74) is 3.87. The van der Waals surface area contributed by atoms with Gasteiger partial charge in [-0.15, -0.1) is 0 Å². The summed E-state index contributed by atoms with van der Waals surface area (Å²) >= 11 is 0. The molecule has 3 aromatic rings. The van der Waals surface area contributed by atoms with Gasteiger partial charge in [0.2, 0.25) is 0 Å². The topological polar surface area (TPSA) is 49.8 Å². The number of carbonyl (C=O) groups excluding carboxylic acids is 1. The fourth-order valence-corrected chi connectivity index (χ4v) is 3.14. The van der Waals surface area contributed by atoms with Gasteiger partial charge in [-0.3, -0.25) is 0 Å². The van der Waals surface area contributed by atoms with E-state index in [0.717, 1.165) is 16.7 Å². The second kappa shape index (κ2) is 9.49. The third-order valence-corrected chi connectivity index (χ3v) is 4.69. The molecule has 0 fully saturated rings. The Bertz CT molecular complexity index is 942. The van der Waals surface area contributed by atoms with Crippen LogP contribution in [0.3, 0.4) is 0 Å². The number of hydrogen-bond acceptors (Lipinski definition) is 3. The van der Waals surface area contributed by atoms with Gasteiger partial charge in [-0.1, -0.05) is 66.7 Å². The zero-order valence-electron chi connectivity index (χ0n) is 17.8. The molecule has 4 nitrogen and oxygen atoms in total. The zero-order valence-corrected chi connectivity index (χ0v) is 17.8. The minimum atomic E-state index is -0.551. The molecular formula is C26H29NO3. The highest BCUT2D eigenvalue weighted by Gasteiger charge is 2.22. The van der Waals surface area contributed by atoms with Gasteiger partial charge in [-0.2, -0.15) is 0 Å². The lowest BCUT2D eigenvalue weighted by Crippen LogP contribution is -2.37. The average molecular weight is 404 g/mol. The van der Waals surface area contributed by atoms with Crippen LogP contribution in [0, 0.1) is 0 Å².